The predicted octanol–water partition coefficient (Wildman–Crippen LogP) is 1.23. The van der Waals surface area contributed by atoms with E-state index in [0.717, 1.165) is 10.4 Å². The van der Waals surface area contributed by atoms with Crippen LogP contribution in [0.4, 0.5) is 0 Å². The molecule has 0 spiro atoms. The van der Waals surface area contributed by atoms with Crippen molar-refractivity contribution in [3.05, 3.63) is 34.5 Å². The first-order valence-electron chi connectivity index (χ1n) is 5.25. The molecule has 17 heavy (non-hydrogen) atoms. The quantitative estimate of drug-likeness (QED) is 0.419. The minimum atomic E-state index is -0.848. The van der Waals surface area contributed by atoms with E-state index in [9.17, 15) is 4.79 Å². The maximum atomic E-state index is 11.1. The molecule has 2 rings (SSSR count). The molecule has 92 valence electrons. The Morgan fingerprint density at radius 2 is 2.65 bits per heavy atom. The Kier molecular flexibility index (Phi) is 3.90. The fraction of sp³-hybridized carbons (Fsp3) is 0.364. The van der Waals surface area contributed by atoms with Gasteiger partial charge in [-0.1, -0.05) is 6.08 Å². The van der Waals surface area contributed by atoms with Crippen molar-refractivity contribution in [3.8, 4) is 0 Å². The average Bonchev–Trinajstić information content (AvgIpc) is 2.78. The van der Waals surface area contributed by atoms with E-state index in [2.05, 4.69) is 17.4 Å². The zero-order chi connectivity index (χ0) is 12.3. The predicted molar refractivity (Wildman–Crippen MR) is 64.7 cm³/mol. The molecule has 0 fully saturated rings. The molecule has 0 bridgehead atoms. The Balaban J connectivity index is 2.11. The molecule has 0 aliphatic carbocycles. The molecule has 1 aliphatic heterocycles. The van der Waals surface area contributed by atoms with Crippen LogP contribution in [-0.4, -0.2) is 24.2 Å². The van der Waals surface area contributed by atoms with Crippen molar-refractivity contribution < 1.29 is 14.7 Å². The number of hydrogen-bond acceptors (Lipinski definition) is 5. The van der Waals surface area contributed by atoms with Gasteiger partial charge in [-0.25, -0.2) is 0 Å². The van der Waals surface area contributed by atoms with Crippen LogP contribution < -0.4 is 10.8 Å². The van der Waals surface area contributed by atoms with Crippen LogP contribution in [0.2, 0.25) is 0 Å². The highest BCUT2D eigenvalue weighted by atomic mass is 32.1. The number of carboxylic acid groups (broad SMARTS) is 1. The van der Waals surface area contributed by atoms with Gasteiger partial charge < -0.3 is 5.11 Å². The van der Waals surface area contributed by atoms with Crippen molar-refractivity contribution >= 4 is 17.3 Å². The summed E-state index contributed by atoms with van der Waals surface area (Å²) < 4.78 is 0. The Bertz CT molecular complexity index is 419. The molecule has 1 aromatic rings. The van der Waals surface area contributed by atoms with E-state index in [1.54, 1.807) is 6.08 Å². The lowest BCUT2D eigenvalue weighted by atomic mass is 10.0. The van der Waals surface area contributed by atoms with Crippen molar-refractivity contribution in [1.29, 1.82) is 0 Å². The van der Waals surface area contributed by atoms with Crippen molar-refractivity contribution in [2.45, 2.75) is 12.1 Å². The van der Waals surface area contributed by atoms with Gasteiger partial charge in [-0.15, -0.1) is 17.9 Å². The summed E-state index contributed by atoms with van der Waals surface area (Å²) in [6.07, 6.45) is 1.65. The van der Waals surface area contributed by atoms with Gasteiger partial charge in [-0.05, 0) is 17.0 Å². The number of hydroxylamine groups is 1. The first-order chi connectivity index (χ1) is 8.24. The molecule has 1 aliphatic rings. The summed E-state index contributed by atoms with van der Waals surface area (Å²) in [7, 11) is 0. The van der Waals surface area contributed by atoms with Crippen LogP contribution in [0.15, 0.2) is 24.1 Å². The highest BCUT2D eigenvalue weighted by Crippen LogP contribution is 2.33. The third kappa shape index (κ3) is 2.55. The molecular weight excluding hydrogens is 240 g/mol. The second-order valence-corrected chi connectivity index (χ2v) is 4.64. The van der Waals surface area contributed by atoms with Crippen molar-refractivity contribution in [1.82, 2.24) is 10.8 Å². The van der Waals surface area contributed by atoms with Gasteiger partial charge in [0.2, 0.25) is 0 Å². The number of aliphatic carboxylic acids is 1. The summed E-state index contributed by atoms with van der Waals surface area (Å²) in [6, 6.07) is 1.31. The summed E-state index contributed by atoms with van der Waals surface area (Å²) in [5.74, 6) is -0.848. The number of hydrogen-bond donors (Lipinski definition) is 3. The zero-order valence-corrected chi connectivity index (χ0v) is 10.00. The normalized spacial score (nSPS) is 23.1. The smallest absolute Gasteiger partial charge is 0.326 e. The van der Waals surface area contributed by atoms with Crippen LogP contribution in [0.1, 0.15) is 22.5 Å². The van der Waals surface area contributed by atoms with Gasteiger partial charge >= 0.3 is 5.97 Å². The zero-order valence-electron chi connectivity index (χ0n) is 9.18. The number of rotatable bonds is 5. The fourth-order valence-corrected chi connectivity index (χ4v) is 2.83. The molecule has 0 radical (unpaired) electrons. The highest BCUT2D eigenvalue weighted by Gasteiger charge is 2.32. The Hall–Kier alpha value is -1.21. The van der Waals surface area contributed by atoms with Gasteiger partial charge in [0.1, 0.15) is 6.04 Å². The van der Waals surface area contributed by atoms with E-state index < -0.39 is 12.0 Å². The molecule has 0 saturated carbocycles. The lowest BCUT2D eigenvalue weighted by Gasteiger charge is -2.28. The van der Waals surface area contributed by atoms with Crippen LogP contribution in [0.3, 0.4) is 0 Å². The molecule has 1 aromatic heterocycles. The minimum absolute atomic E-state index is 0.0215. The third-order valence-corrected chi connectivity index (χ3v) is 3.56. The average molecular weight is 254 g/mol. The summed E-state index contributed by atoms with van der Waals surface area (Å²) in [5, 5.41) is 14.0. The molecular formula is C11H14N2O3S. The number of carbonyl (C=O) groups is 1. The molecule has 6 heteroatoms. The lowest BCUT2D eigenvalue weighted by molar-refractivity contribution is -0.139. The number of carboxylic acids is 1. The second-order valence-electron chi connectivity index (χ2n) is 3.69. The monoisotopic (exact) mass is 254 g/mol. The molecule has 5 nitrogen and oxygen atoms in total. The topological polar surface area (TPSA) is 70.6 Å². The fourth-order valence-electron chi connectivity index (χ4n) is 1.80. The maximum absolute atomic E-state index is 11.1. The standard InChI is InChI=1S/C11H14N2O3S/c1-2-4-16-13-8-6-12-9(11(14)15)10-7(8)3-5-17-10/h2-3,5,8-9,12-13H,1,4,6H2,(H,14,15). The number of thiophene rings is 1. The van der Waals surface area contributed by atoms with E-state index in [0.29, 0.717) is 13.2 Å². The molecule has 0 aromatic carbocycles. The largest absolute Gasteiger partial charge is 0.480 e. The van der Waals surface area contributed by atoms with E-state index in [1.165, 1.54) is 11.3 Å². The number of nitrogens with one attached hydrogen (secondary N) is 2. The molecule has 2 heterocycles. The molecule has 0 saturated heterocycles. The van der Waals surface area contributed by atoms with Crippen molar-refractivity contribution in [2.75, 3.05) is 13.2 Å². The van der Waals surface area contributed by atoms with Crippen LogP contribution in [0, 0.1) is 0 Å². The molecule has 2 unspecified atom stereocenters. The van der Waals surface area contributed by atoms with Crippen molar-refractivity contribution in [3.63, 3.8) is 0 Å². The summed E-state index contributed by atoms with van der Waals surface area (Å²) in [5.41, 5.74) is 3.90. The highest BCUT2D eigenvalue weighted by molar-refractivity contribution is 7.10. The summed E-state index contributed by atoms with van der Waals surface area (Å²) in [4.78, 5) is 17.1. The van der Waals surface area contributed by atoms with Gasteiger partial charge in [0, 0.05) is 11.4 Å². The first-order valence-corrected chi connectivity index (χ1v) is 6.13. The van der Waals surface area contributed by atoms with Gasteiger partial charge in [0.15, 0.2) is 0 Å². The van der Waals surface area contributed by atoms with E-state index >= 15 is 0 Å². The van der Waals surface area contributed by atoms with E-state index in [-0.39, 0.29) is 6.04 Å². The number of fused-ring (bicyclic) bond motifs is 1. The lowest BCUT2D eigenvalue weighted by Crippen LogP contribution is -2.41. The van der Waals surface area contributed by atoms with Gasteiger partial charge in [0.25, 0.3) is 0 Å². The van der Waals surface area contributed by atoms with Gasteiger partial charge in [-0.3, -0.25) is 14.9 Å². The summed E-state index contributed by atoms with van der Waals surface area (Å²) >= 11 is 1.45. The second kappa shape index (κ2) is 5.42. The van der Waals surface area contributed by atoms with Crippen LogP contribution in [0.5, 0.6) is 0 Å². The van der Waals surface area contributed by atoms with Crippen LogP contribution in [0.25, 0.3) is 0 Å². The molecule has 3 N–H and O–H groups in total. The third-order valence-electron chi connectivity index (χ3n) is 2.56. The van der Waals surface area contributed by atoms with Gasteiger partial charge in [-0.2, -0.15) is 5.48 Å². The van der Waals surface area contributed by atoms with Crippen LogP contribution >= 0.6 is 11.3 Å². The molecule has 0 amide bonds. The van der Waals surface area contributed by atoms with Crippen LogP contribution in [-0.2, 0) is 9.63 Å². The van der Waals surface area contributed by atoms with Crippen molar-refractivity contribution in [2.24, 2.45) is 0 Å². The summed E-state index contributed by atoms with van der Waals surface area (Å²) in [6.45, 7) is 4.50. The van der Waals surface area contributed by atoms with E-state index in [4.69, 9.17) is 9.94 Å². The molecule has 2 atom stereocenters. The first kappa shape index (κ1) is 12.3. The Labute approximate surface area is 103 Å². The SMILES string of the molecule is C=CCONC1CNC(C(=O)O)c2sccc21. The van der Waals surface area contributed by atoms with E-state index in [1.807, 2.05) is 11.4 Å². The minimum Gasteiger partial charge on any atom is -0.480 e. The maximum Gasteiger partial charge on any atom is 0.326 e. The van der Waals surface area contributed by atoms with Gasteiger partial charge in [0.05, 0.1) is 12.6 Å². The Morgan fingerprint density at radius 1 is 1.82 bits per heavy atom. The Morgan fingerprint density at radius 3 is 3.35 bits per heavy atom.